The maximum Gasteiger partial charge on any atom is 0.174 e. The van der Waals surface area contributed by atoms with Gasteiger partial charge in [-0.1, -0.05) is 33.2 Å². The number of benzene rings is 1. The van der Waals surface area contributed by atoms with Crippen LogP contribution in [0, 0.1) is 6.92 Å². The Morgan fingerprint density at radius 2 is 2.06 bits per heavy atom. The van der Waals surface area contributed by atoms with E-state index in [0.29, 0.717) is 6.42 Å². The van der Waals surface area contributed by atoms with Gasteiger partial charge in [-0.15, -0.1) is 0 Å². The Hall–Kier alpha value is -1.39. The van der Waals surface area contributed by atoms with Gasteiger partial charge in [0, 0.05) is 22.2 Å². The molecule has 0 aliphatic rings. The Morgan fingerprint density at radius 3 is 2.72 bits per heavy atom. The number of hydrogen-bond donors (Lipinski definition) is 1. The van der Waals surface area contributed by atoms with Crippen molar-refractivity contribution in [2.45, 2.75) is 13.3 Å². The minimum absolute atomic E-state index is 0.147. The molecule has 1 heterocycles. The van der Waals surface area contributed by atoms with Crippen LogP contribution in [0.1, 0.15) is 17.7 Å². The fourth-order valence-corrected chi connectivity index (χ4v) is 1.92. The molecule has 0 aliphatic heterocycles. The van der Waals surface area contributed by atoms with Gasteiger partial charge in [-0.2, -0.15) is 0 Å². The van der Waals surface area contributed by atoms with Crippen LogP contribution in [0.2, 0.25) is 0 Å². The molecule has 1 aromatic heterocycles. The van der Waals surface area contributed by atoms with Gasteiger partial charge in [0.15, 0.2) is 5.76 Å². The summed E-state index contributed by atoms with van der Waals surface area (Å²) >= 11 is 3.40. The number of aromatic nitrogens is 1. The van der Waals surface area contributed by atoms with Gasteiger partial charge in [0.25, 0.3) is 0 Å². The summed E-state index contributed by atoms with van der Waals surface area (Å²) < 4.78 is 6.40. The Kier molecular flexibility index (Phi) is 4.33. The molecule has 1 aromatic carbocycles. The quantitative estimate of drug-likeness (QED) is 0.934. The predicted molar refractivity (Wildman–Crippen MR) is 75.1 cm³/mol. The molecule has 0 spiro atoms. The van der Waals surface area contributed by atoms with Gasteiger partial charge in [-0.25, -0.2) is 0 Å². The fourth-order valence-electron chi connectivity index (χ4n) is 1.66. The summed E-state index contributed by atoms with van der Waals surface area (Å²) in [6.45, 7) is 2.05. The van der Waals surface area contributed by atoms with Crippen molar-refractivity contribution in [3.05, 3.63) is 46.1 Å². The number of rotatable bonds is 4. The summed E-state index contributed by atoms with van der Waals surface area (Å²) in [7, 11) is 0. The number of hydrogen-bond acceptors (Lipinski definition) is 3. The maximum absolute atomic E-state index is 8.79. The summed E-state index contributed by atoms with van der Waals surface area (Å²) in [4.78, 5) is 0. The van der Waals surface area contributed by atoms with Crippen molar-refractivity contribution in [1.29, 1.82) is 0 Å². The molecule has 3 nitrogen and oxygen atoms in total. The lowest BCUT2D eigenvalue weighted by molar-refractivity contribution is 0.303. The predicted octanol–water partition coefficient (Wildman–Crippen LogP) is 3.81. The van der Waals surface area contributed by atoms with Crippen LogP contribution in [0.5, 0.6) is 0 Å². The van der Waals surface area contributed by atoms with Crippen LogP contribution in [-0.2, 0) is 0 Å². The number of nitrogens with zero attached hydrogens (tertiary/aromatic N) is 1. The summed E-state index contributed by atoms with van der Waals surface area (Å²) in [5.74, 6) is 0.759. The third-order valence-electron chi connectivity index (χ3n) is 2.59. The van der Waals surface area contributed by atoms with Crippen LogP contribution in [0.15, 0.2) is 39.3 Å². The Labute approximate surface area is 114 Å². The zero-order valence-corrected chi connectivity index (χ0v) is 11.6. The van der Waals surface area contributed by atoms with Crippen LogP contribution in [-0.4, -0.2) is 16.9 Å². The van der Waals surface area contributed by atoms with Crippen molar-refractivity contribution < 1.29 is 9.63 Å². The highest BCUT2D eigenvalue weighted by molar-refractivity contribution is 9.10. The van der Waals surface area contributed by atoms with Crippen molar-refractivity contribution in [1.82, 2.24) is 5.16 Å². The van der Waals surface area contributed by atoms with E-state index >= 15 is 0 Å². The van der Waals surface area contributed by atoms with Crippen LogP contribution in [0.3, 0.4) is 0 Å². The van der Waals surface area contributed by atoms with E-state index in [1.54, 1.807) is 0 Å². The average Bonchev–Trinajstić information content (AvgIpc) is 2.73. The summed E-state index contributed by atoms with van der Waals surface area (Å²) in [6.07, 6.45) is 4.49. The van der Waals surface area contributed by atoms with Gasteiger partial charge in [-0.05, 0) is 37.6 Å². The monoisotopic (exact) mass is 307 g/mol. The first kappa shape index (κ1) is 13.1. The third-order valence-corrected chi connectivity index (χ3v) is 3.12. The third kappa shape index (κ3) is 2.89. The zero-order valence-electron chi connectivity index (χ0n) is 10.1. The number of aliphatic hydroxyl groups excluding tert-OH is 1. The lowest BCUT2D eigenvalue weighted by atomic mass is 10.1. The highest BCUT2D eigenvalue weighted by Crippen LogP contribution is 2.28. The highest BCUT2D eigenvalue weighted by Gasteiger charge is 2.12. The van der Waals surface area contributed by atoms with Crippen molar-refractivity contribution in [2.75, 3.05) is 6.61 Å². The second-order valence-corrected chi connectivity index (χ2v) is 4.85. The first-order valence-electron chi connectivity index (χ1n) is 5.72. The van der Waals surface area contributed by atoms with E-state index in [-0.39, 0.29) is 6.61 Å². The van der Waals surface area contributed by atoms with E-state index in [1.807, 2.05) is 43.3 Å². The smallest absolute Gasteiger partial charge is 0.174 e. The van der Waals surface area contributed by atoms with Crippen LogP contribution >= 0.6 is 15.9 Å². The molecule has 0 radical (unpaired) electrons. The number of aryl methyl sites for hydroxylation is 1. The molecular weight excluding hydrogens is 294 g/mol. The maximum atomic E-state index is 8.79. The lowest BCUT2D eigenvalue weighted by Gasteiger charge is -1.98. The summed E-state index contributed by atoms with van der Waals surface area (Å²) in [5.41, 5.74) is 2.80. The second kappa shape index (κ2) is 5.98. The van der Waals surface area contributed by atoms with Gasteiger partial charge in [0.1, 0.15) is 0 Å². The highest BCUT2D eigenvalue weighted by atomic mass is 79.9. The average molecular weight is 308 g/mol. The molecule has 2 rings (SSSR count). The normalized spacial score (nSPS) is 11.3. The van der Waals surface area contributed by atoms with Crippen LogP contribution in [0.25, 0.3) is 17.4 Å². The molecule has 18 heavy (non-hydrogen) atoms. The van der Waals surface area contributed by atoms with Gasteiger partial charge in [0.2, 0.25) is 0 Å². The molecule has 1 N–H and O–H groups in total. The van der Waals surface area contributed by atoms with E-state index in [1.165, 1.54) is 0 Å². The van der Waals surface area contributed by atoms with Gasteiger partial charge < -0.3 is 9.63 Å². The molecule has 94 valence electrons. The Morgan fingerprint density at radius 1 is 1.33 bits per heavy atom. The van der Waals surface area contributed by atoms with E-state index < -0.39 is 0 Å². The van der Waals surface area contributed by atoms with E-state index in [2.05, 4.69) is 21.1 Å². The van der Waals surface area contributed by atoms with E-state index in [9.17, 15) is 0 Å². The minimum Gasteiger partial charge on any atom is -0.396 e. The first-order valence-corrected chi connectivity index (χ1v) is 6.51. The molecule has 0 atom stereocenters. The van der Waals surface area contributed by atoms with Gasteiger partial charge in [0.05, 0.1) is 5.69 Å². The zero-order chi connectivity index (χ0) is 13.0. The Bertz CT molecular complexity index is 543. The minimum atomic E-state index is 0.147. The molecule has 0 unspecified atom stereocenters. The van der Waals surface area contributed by atoms with Crippen LogP contribution in [0.4, 0.5) is 0 Å². The van der Waals surface area contributed by atoms with Crippen molar-refractivity contribution in [3.63, 3.8) is 0 Å². The molecule has 0 amide bonds. The first-order chi connectivity index (χ1) is 8.72. The van der Waals surface area contributed by atoms with Crippen molar-refractivity contribution in [3.8, 4) is 11.3 Å². The largest absolute Gasteiger partial charge is 0.396 e. The molecule has 0 fully saturated rings. The lowest BCUT2D eigenvalue weighted by Crippen LogP contribution is -1.81. The van der Waals surface area contributed by atoms with Crippen molar-refractivity contribution in [2.24, 2.45) is 0 Å². The summed E-state index contributed by atoms with van der Waals surface area (Å²) in [5, 5.41) is 12.8. The van der Waals surface area contributed by atoms with E-state index in [0.717, 1.165) is 27.1 Å². The Balaban J connectivity index is 2.36. The SMILES string of the molecule is Cc1noc(-c2ccc(Br)cc2)c1C=CCCO. The molecule has 2 aromatic rings. The van der Waals surface area contributed by atoms with Crippen molar-refractivity contribution >= 4 is 22.0 Å². The molecule has 0 aliphatic carbocycles. The van der Waals surface area contributed by atoms with Crippen LogP contribution < -0.4 is 0 Å². The summed E-state index contributed by atoms with van der Waals surface area (Å²) in [6, 6.07) is 7.89. The number of halogens is 1. The molecule has 0 saturated carbocycles. The van der Waals surface area contributed by atoms with Gasteiger partial charge >= 0.3 is 0 Å². The van der Waals surface area contributed by atoms with Gasteiger partial charge in [-0.3, -0.25) is 0 Å². The number of aliphatic hydroxyl groups is 1. The molecular formula is C14H14BrNO2. The molecule has 0 bridgehead atoms. The second-order valence-electron chi connectivity index (χ2n) is 3.93. The van der Waals surface area contributed by atoms with E-state index in [4.69, 9.17) is 9.63 Å². The standard InChI is InChI=1S/C14H14BrNO2/c1-10-13(4-2-3-9-17)14(18-16-10)11-5-7-12(15)8-6-11/h2,4-8,17H,3,9H2,1H3. The molecule has 4 heteroatoms. The molecule has 0 saturated heterocycles. The topological polar surface area (TPSA) is 46.3 Å². The fraction of sp³-hybridized carbons (Fsp3) is 0.214.